The van der Waals surface area contributed by atoms with E-state index >= 15 is 0 Å². The SMILES string of the molecule is CCOc1cc2ncc(-c3cc(Cl)c(N)nc3F)n2cc1S(=O)(=O)C(C)C. The molecule has 0 atom stereocenters. The number of hydrogen-bond donors (Lipinski definition) is 1. The van der Waals surface area contributed by atoms with Crippen LogP contribution in [0.25, 0.3) is 16.9 Å². The number of nitrogens with two attached hydrogens (primary N) is 1. The van der Waals surface area contributed by atoms with E-state index in [1.165, 1.54) is 28.9 Å². The van der Waals surface area contributed by atoms with Crippen molar-refractivity contribution in [1.29, 1.82) is 0 Å². The van der Waals surface area contributed by atoms with E-state index in [1.54, 1.807) is 20.8 Å². The molecule has 3 rings (SSSR count). The Labute approximate surface area is 160 Å². The Hall–Kier alpha value is -2.39. The first-order valence-corrected chi connectivity index (χ1v) is 10.1. The summed E-state index contributed by atoms with van der Waals surface area (Å²) in [7, 11) is -3.65. The summed E-state index contributed by atoms with van der Waals surface area (Å²) < 4.78 is 46.8. The number of rotatable bonds is 5. The Bertz CT molecular complexity index is 1130. The van der Waals surface area contributed by atoms with Gasteiger partial charge in [0.15, 0.2) is 9.84 Å². The van der Waals surface area contributed by atoms with Gasteiger partial charge >= 0.3 is 0 Å². The van der Waals surface area contributed by atoms with Gasteiger partial charge in [-0.1, -0.05) is 11.6 Å². The zero-order valence-electron chi connectivity index (χ0n) is 14.9. The molecule has 0 amide bonds. The molecule has 0 bridgehead atoms. The molecule has 0 saturated heterocycles. The third-order valence-electron chi connectivity index (χ3n) is 4.03. The number of halogens is 2. The highest BCUT2D eigenvalue weighted by atomic mass is 35.5. The van der Waals surface area contributed by atoms with E-state index in [4.69, 9.17) is 22.1 Å². The molecule has 0 saturated carbocycles. The van der Waals surface area contributed by atoms with E-state index in [0.717, 1.165) is 0 Å². The second kappa shape index (κ2) is 6.97. The molecule has 7 nitrogen and oxygen atoms in total. The van der Waals surface area contributed by atoms with Crippen molar-refractivity contribution in [1.82, 2.24) is 14.4 Å². The Kier molecular flexibility index (Phi) is 5.00. The van der Waals surface area contributed by atoms with Crippen LogP contribution >= 0.6 is 11.6 Å². The zero-order chi connectivity index (χ0) is 19.9. The minimum absolute atomic E-state index is 0.000935. The van der Waals surface area contributed by atoms with Crippen LogP contribution in [-0.4, -0.2) is 34.6 Å². The maximum Gasteiger partial charge on any atom is 0.224 e. The van der Waals surface area contributed by atoms with Crippen LogP contribution in [0, 0.1) is 5.95 Å². The highest BCUT2D eigenvalue weighted by molar-refractivity contribution is 7.92. The molecule has 27 heavy (non-hydrogen) atoms. The van der Waals surface area contributed by atoms with Crippen molar-refractivity contribution in [2.75, 3.05) is 12.3 Å². The predicted molar refractivity (Wildman–Crippen MR) is 101 cm³/mol. The van der Waals surface area contributed by atoms with E-state index in [9.17, 15) is 12.8 Å². The van der Waals surface area contributed by atoms with Crippen molar-refractivity contribution >= 4 is 32.9 Å². The van der Waals surface area contributed by atoms with Crippen molar-refractivity contribution in [2.24, 2.45) is 0 Å². The summed E-state index contributed by atoms with van der Waals surface area (Å²) in [5, 5.41) is -0.576. The fraction of sp³-hybridized carbons (Fsp3) is 0.294. The van der Waals surface area contributed by atoms with E-state index in [2.05, 4.69) is 9.97 Å². The molecule has 0 spiro atoms. The van der Waals surface area contributed by atoms with Crippen molar-refractivity contribution in [3.63, 3.8) is 0 Å². The van der Waals surface area contributed by atoms with E-state index in [-0.39, 0.29) is 33.7 Å². The molecule has 10 heteroatoms. The number of fused-ring (bicyclic) bond motifs is 1. The van der Waals surface area contributed by atoms with Gasteiger partial charge in [-0.2, -0.15) is 4.39 Å². The largest absolute Gasteiger partial charge is 0.492 e. The summed E-state index contributed by atoms with van der Waals surface area (Å²) in [6, 6.07) is 2.84. The lowest BCUT2D eigenvalue weighted by molar-refractivity contribution is 0.330. The maximum atomic E-state index is 14.4. The van der Waals surface area contributed by atoms with Gasteiger partial charge in [0.05, 0.1) is 34.3 Å². The average Bonchev–Trinajstić information content (AvgIpc) is 3.00. The zero-order valence-corrected chi connectivity index (χ0v) is 16.5. The minimum Gasteiger partial charge on any atom is -0.492 e. The number of ether oxygens (including phenoxy) is 1. The molecule has 2 N–H and O–H groups in total. The van der Waals surface area contributed by atoms with Gasteiger partial charge in [0.25, 0.3) is 0 Å². The summed E-state index contributed by atoms with van der Waals surface area (Å²) in [6.07, 6.45) is 2.78. The molecule has 3 aromatic heterocycles. The highest BCUT2D eigenvalue weighted by Crippen LogP contribution is 2.33. The normalized spacial score (nSPS) is 12.1. The third kappa shape index (κ3) is 3.32. The van der Waals surface area contributed by atoms with Gasteiger partial charge in [-0.25, -0.2) is 18.4 Å². The quantitative estimate of drug-likeness (QED) is 0.645. The van der Waals surface area contributed by atoms with Crippen molar-refractivity contribution < 1.29 is 17.5 Å². The standard InChI is InChI=1S/C17H18ClFN4O3S/c1-4-26-13-6-15-21-7-12(10-5-11(18)17(20)22-16(10)19)23(15)8-14(13)27(24,25)9(2)3/h5-9H,4H2,1-3H3,(H2,20,22). The molecule has 0 aliphatic heterocycles. The first kappa shape index (κ1) is 19.4. The van der Waals surface area contributed by atoms with Crippen molar-refractivity contribution in [3.8, 4) is 17.0 Å². The Morgan fingerprint density at radius 3 is 2.70 bits per heavy atom. The van der Waals surface area contributed by atoms with Gasteiger partial charge in [-0.05, 0) is 26.8 Å². The average molecular weight is 413 g/mol. The van der Waals surface area contributed by atoms with Crippen LogP contribution in [0.5, 0.6) is 5.75 Å². The fourth-order valence-corrected chi connectivity index (χ4v) is 3.89. The molecule has 3 heterocycles. The Morgan fingerprint density at radius 2 is 2.07 bits per heavy atom. The van der Waals surface area contributed by atoms with Crippen LogP contribution in [-0.2, 0) is 9.84 Å². The topological polar surface area (TPSA) is 99.6 Å². The Balaban J connectivity index is 2.32. The summed E-state index contributed by atoms with van der Waals surface area (Å²) in [5.74, 6) is -0.765. The predicted octanol–water partition coefficient (Wildman–Crippen LogP) is 3.35. The molecule has 3 aromatic rings. The number of anilines is 1. The van der Waals surface area contributed by atoms with Crippen LogP contribution < -0.4 is 10.5 Å². The molecule has 0 radical (unpaired) electrons. The van der Waals surface area contributed by atoms with Crippen molar-refractivity contribution in [3.05, 3.63) is 35.5 Å². The minimum atomic E-state index is -3.65. The first-order chi connectivity index (χ1) is 12.7. The lowest BCUT2D eigenvalue weighted by Crippen LogP contribution is -2.16. The monoisotopic (exact) mass is 412 g/mol. The summed E-state index contributed by atoms with van der Waals surface area (Å²) >= 11 is 5.97. The number of aromatic nitrogens is 3. The number of nitrogens with zero attached hydrogens (tertiary/aromatic N) is 3. The van der Waals surface area contributed by atoms with Crippen molar-refractivity contribution in [2.45, 2.75) is 30.9 Å². The van der Waals surface area contributed by atoms with Crippen LogP contribution in [0.1, 0.15) is 20.8 Å². The van der Waals surface area contributed by atoms with Gasteiger partial charge < -0.3 is 10.5 Å². The first-order valence-electron chi connectivity index (χ1n) is 8.16. The third-order valence-corrected chi connectivity index (χ3v) is 6.50. The molecule has 0 aliphatic carbocycles. The van der Waals surface area contributed by atoms with Gasteiger partial charge in [-0.15, -0.1) is 0 Å². The number of pyridine rings is 2. The van der Waals surface area contributed by atoms with E-state index in [0.29, 0.717) is 11.3 Å². The number of hydrogen-bond acceptors (Lipinski definition) is 6. The van der Waals surface area contributed by atoms with Gasteiger partial charge in [0.1, 0.15) is 22.1 Å². The van der Waals surface area contributed by atoms with Crippen LogP contribution in [0.3, 0.4) is 0 Å². The van der Waals surface area contributed by atoms with Crippen LogP contribution in [0.2, 0.25) is 5.02 Å². The Morgan fingerprint density at radius 1 is 1.37 bits per heavy atom. The van der Waals surface area contributed by atoms with E-state index < -0.39 is 21.0 Å². The van der Waals surface area contributed by atoms with Gasteiger partial charge in [-0.3, -0.25) is 4.40 Å². The molecule has 144 valence electrons. The van der Waals surface area contributed by atoms with Gasteiger partial charge in [0, 0.05) is 12.3 Å². The second-order valence-electron chi connectivity index (χ2n) is 6.09. The highest BCUT2D eigenvalue weighted by Gasteiger charge is 2.26. The second-order valence-corrected chi connectivity index (χ2v) is 8.97. The smallest absolute Gasteiger partial charge is 0.224 e. The maximum absolute atomic E-state index is 14.4. The van der Waals surface area contributed by atoms with Crippen LogP contribution in [0.4, 0.5) is 10.2 Å². The lowest BCUT2D eigenvalue weighted by Gasteiger charge is -2.14. The number of sulfone groups is 1. The molecule has 0 fully saturated rings. The molecule has 0 aliphatic rings. The number of imidazole rings is 1. The summed E-state index contributed by atoms with van der Waals surface area (Å²) in [6.45, 7) is 5.20. The fourth-order valence-electron chi connectivity index (χ4n) is 2.58. The molecular weight excluding hydrogens is 395 g/mol. The molecule has 0 aromatic carbocycles. The van der Waals surface area contributed by atoms with E-state index in [1.807, 2.05) is 0 Å². The lowest BCUT2D eigenvalue weighted by atomic mass is 10.2. The number of nitrogen functional groups attached to an aromatic ring is 1. The molecule has 0 unspecified atom stereocenters. The molecular formula is C17H18ClFN4O3S. The van der Waals surface area contributed by atoms with Crippen LogP contribution in [0.15, 0.2) is 29.4 Å². The van der Waals surface area contributed by atoms with Gasteiger partial charge in [0.2, 0.25) is 5.95 Å². The summed E-state index contributed by atoms with van der Waals surface area (Å²) in [5.41, 5.74) is 6.26. The summed E-state index contributed by atoms with van der Waals surface area (Å²) in [4.78, 5) is 7.80.